The first-order valence-electron chi connectivity index (χ1n) is 6.00. The summed E-state index contributed by atoms with van der Waals surface area (Å²) in [7, 11) is 2.91. The summed E-state index contributed by atoms with van der Waals surface area (Å²) in [5.74, 6) is 0. The first-order chi connectivity index (χ1) is 9.91. The molecular weight excluding hydrogens is 358 g/mol. The first-order valence-corrected chi connectivity index (χ1v) is 7.56. The largest absolute Gasteiger partial charge is 0.331 e. The molecule has 6 nitrogen and oxygen atoms in total. The van der Waals surface area contributed by atoms with Gasteiger partial charge in [0.1, 0.15) is 10.2 Å². The Morgan fingerprint density at radius 2 is 1.57 bits per heavy atom. The van der Waals surface area contributed by atoms with Gasteiger partial charge in [0.15, 0.2) is 0 Å². The topological polar surface area (TPSA) is 66.0 Å². The molecule has 8 heteroatoms. The maximum absolute atomic E-state index is 12.5. The second-order valence-electron chi connectivity index (χ2n) is 4.55. The molecule has 2 aromatic heterocycles. The van der Waals surface area contributed by atoms with E-state index in [-0.39, 0.29) is 5.39 Å². The van der Waals surface area contributed by atoms with Crippen molar-refractivity contribution in [2.45, 2.75) is 0 Å². The van der Waals surface area contributed by atoms with Gasteiger partial charge in [-0.25, -0.2) is 8.75 Å². The van der Waals surface area contributed by atoms with Crippen molar-refractivity contribution in [1.82, 2.24) is 13.1 Å². The zero-order chi connectivity index (χ0) is 15.3. The van der Waals surface area contributed by atoms with Crippen molar-refractivity contribution < 1.29 is 0 Å². The van der Waals surface area contributed by atoms with Gasteiger partial charge in [-0.1, -0.05) is 15.9 Å². The van der Waals surface area contributed by atoms with Crippen molar-refractivity contribution >= 4 is 37.7 Å². The van der Waals surface area contributed by atoms with Crippen LogP contribution in [0.25, 0.3) is 15.9 Å². The van der Waals surface area contributed by atoms with Gasteiger partial charge in [0.2, 0.25) is 0 Å². The highest BCUT2D eigenvalue weighted by molar-refractivity contribution is 9.10. The van der Waals surface area contributed by atoms with Crippen LogP contribution in [0.3, 0.4) is 0 Å². The molecule has 0 saturated heterocycles. The fourth-order valence-corrected chi connectivity index (χ4v) is 3.40. The Bertz CT molecular complexity index is 1020. The minimum atomic E-state index is -0.565. The van der Waals surface area contributed by atoms with Crippen molar-refractivity contribution in [1.29, 1.82) is 0 Å². The van der Waals surface area contributed by atoms with E-state index in [9.17, 15) is 14.4 Å². The molecule has 0 spiro atoms. The predicted molar refractivity (Wildman–Crippen MR) is 85.6 cm³/mol. The second kappa shape index (κ2) is 4.81. The van der Waals surface area contributed by atoms with Crippen LogP contribution in [-0.2, 0) is 14.1 Å². The fourth-order valence-electron chi connectivity index (χ4n) is 2.09. The summed E-state index contributed by atoms with van der Waals surface area (Å²) in [6.07, 6.45) is 0. The van der Waals surface area contributed by atoms with Crippen molar-refractivity contribution in [2.24, 2.45) is 14.1 Å². The minimum absolute atomic E-state index is 0.0347. The lowest BCUT2D eigenvalue weighted by atomic mass is 10.3. The van der Waals surface area contributed by atoms with E-state index in [1.54, 1.807) is 19.2 Å². The lowest BCUT2D eigenvalue weighted by Gasteiger charge is -2.01. The summed E-state index contributed by atoms with van der Waals surface area (Å²) in [5.41, 5.74) is -0.769. The highest BCUT2D eigenvalue weighted by atomic mass is 79.9. The molecule has 0 saturated carbocycles. The van der Waals surface area contributed by atoms with Gasteiger partial charge in [0.25, 0.3) is 11.1 Å². The Morgan fingerprint density at radius 1 is 0.952 bits per heavy atom. The van der Waals surface area contributed by atoms with Gasteiger partial charge in [-0.3, -0.25) is 18.7 Å². The number of rotatable bonds is 1. The molecule has 0 aliphatic heterocycles. The number of nitrogens with zero attached hydrogens (tertiary/aromatic N) is 3. The van der Waals surface area contributed by atoms with Gasteiger partial charge in [-0.05, 0) is 35.8 Å². The van der Waals surface area contributed by atoms with Gasteiger partial charge >= 0.3 is 5.69 Å². The maximum Gasteiger partial charge on any atom is 0.331 e. The third-order valence-corrected chi connectivity index (χ3v) is 4.99. The molecule has 0 aliphatic carbocycles. The fraction of sp³-hybridized carbons (Fsp3) is 0.154. The third kappa shape index (κ3) is 2.02. The minimum Gasteiger partial charge on any atom is -0.286 e. The zero-order valence-electron chi connectivity index (χ0n) is 11.2. The second-order valence-corrected chi connectivity index (χ2v) is 6.40. The van der Waals surface area contributed by atoms with Crippen LogP contribution >= 0.6 is 27.5 Å². The van der Waals surface area contributed by atoms with Crippen molar-refractivity contribution in [2.75, 3.05) is 0 Å². The molecule has 1 aromatic carbocycles. The Kier molecular flexibility index (Phi) is 3.22. The van der Waals surface area contributed by atoms with E-state index in [1.807, 2.05) is 12.1 Å². The number of fused-ring (bicyclic) bond motifs is 1. The molecule has 0 aliphatic rings. The third-order valence-electron chi connectivity index (χ3n) is 3.25. The van der Waals surface area contributed by atoms with E-state index < -0.39 is 16.8 Å². The quantitative estimate of drug-likeness (QED) is 0.649. The molecular formula is C13H10BrN3O3S. The average Bonchev–Trinajstić information content (AvgIpc) is 2.81. The van der Waals surface area contributed by atoms with E-state index in [4.69, 9.17) is 0 Å². The Labute approximate surface area is 130 Å². The highest BCUT2D eigenvalue weighted by Crippen LogP contribution is 2.18. The Balaban J connectivity index is 2.46. The summed E-state index contributed by atoms with van der Waals surface area (Å²) < 4.78 is 4.57. The van der Waals surface area contributed by atoms with Gasteiger partial charge < -0.3 is 0 Å². The number of hydrogen-bond acceptors (Lipinski definition) is 4. The molecule has 3 aromatic rings. The maximum atomic E-state index is 12.5. The summed E-state index contributed by atoms with van der Waals surface area (Å²) in [4.78, 5) is 36.9. The monoisotopic (exact) mass is 367 g/mol. The van der Waals surface area contributed by atoms with Gasteiger partial charge in [-0.2, -0.15) is 0 Å². The van der Waals surface area contributed by atoms with E-state index in [0.29, 0.717) is 10.5 Å². The van der Waals surface area contributed by atoms with Crippen LogP contribution < -0.4 is 16.8 Å². The predicted octanol–water partition coefficient (Wildman–Crippen LogP) is 1.21. The Hall–Kier alpha value is -1.93. The molecule has 0 fully saturated rings. The van der Waals surface area contributed by atoms with Crippen molar-refractivity contribution in [3.63, 3.8) is 0 Å². The van der Waals surface area contributed by atoms with Gasteiger partial charge in [-0.15, -0.1) is 0 Å². The smallest absolute Gasteiger partial charge is 0.286 e. The molecule has 0 radical (unpaired) electrons. The molecule has 108 valence electrons. The Morgan fingerprint density at radius 3 is 2.19 bits per heavy atom. The molecule has 0 N–H and O–H groups in total. The summed E-state index contributed by atoms with van der Waals surface area (Å²) >= 11 is 4.42. The van der Waals surface area contributed by atoms with Gasteiger partial charge in [0, 0.05) is 18.6 Å². The highest BCUT2D eigenvalue weighted by Gasteiger charge is 2.17. The zero-order valence-corrected chi connectivity index (χ0v) is 13.6. The molecule has 3 rings (SSSR count). The van der Waals surface area contributed by atoms with E-state index in [0.717, 1.165) is 20.6 Å². The van der Waals surface area contributed by atoms with Crippen LogP contribution in [0.15, 0.2) is 43.1 Å². The molecule has 2 heterocycles. The number of halogens is 1. The average molecular weight is 368 g/mol. The molecule has 0 amide bonds. The first kappa shape index (κ1) is 14.0. The van der Waals surface area contributed by atoms with Crippen LogP contribution in [0.1, 0.15) is 0 Å². The van der Waals surface area contributed by atoms with Crippen LogP contribution in [0.2, 0.25) is 0 Å². The van der Waals surface area contributed by atoms with E-state index >= 15 is 0 Å². The standard InChI is InChI=1S/C13H10BrN3O3S/c1-15-10(18)9-11(19)17(8-5-3-7(14)4-6-8)21-12(9)16(2)13(15)20/h3-6H,1-2H3. The summed E-state index contributed by atoms with van der Waals surface area (Å²) in [5, 5.41) is 0.0347. The van der Waals surface area contributed by atoms with E-state index in [1.165, 1.54) is 15.6 Å². The summed E-state index contributed by atoms with van der Waals surface area (Å²) in [6.45, 7) is 0. The summed E-state index contributed by atoms with van der Waals surface area (Å²) in [6, 6.07) is 7.15. The SMILES string of the molecule is Cn1c(=O)c2c(=O)n(-c3ccc(Br)cc3)sc2n(C)c1=O. The normalized spacial score (nSPS) is 11.2. The number of hydrogen-bond donors (Lipinski definition) is 0. The van der Waals surface area contributed by atoms with Crippen LogP contribution in [0.4, 0.5) is 0 Å². The van der Waals surface area contributed by atoms with Crippen LogP contribution in [0.5, 0.6) is 0 Å². The van der Waals surface area contributed by atoms with Crippen LogP contribution in [-0.4, -0.2) is 13.1 Å². The number of benzene rings is 1. The molecule has 0 bridgehead atoms. The number of aromatic nitrogens is 3. The molecule has 0 unspecified atom stereocenters. The number of aryl methyl sites for hydroxylation is 1. The molecule has 21 heavy (non-hydrogen) atoms. The van der Waals surface area contributed by atoms with Gasteiger partial charge in [0.05, 0.1) is 5.69 Å². The van der Waals surface area contributed by atoms with Crippen molar-refractivity contribution in [3.8, 4) is 5.69 Å². The lowest BCUT2D eigenvalue weighted by molar-refractivity contribution is 0.716. The molecule has 0 atom stereocenters. The lowest BCUT2D eigenvalue weighted by Crippen LogP contribution is -2.38. The van der Waals surface area contributed by atoms with Crippen LogP contribution in [0, 0.1) is 0 Å². The van der Waals surface area contributed by atoms with Crippen molar-refractivity contribution in [3.05, 3.63) is 59.9 Å². The van der Waals surface area contributed by atoms with E-state index in [2.05, 4.69) is 15.9 Å².